The summed E-state index contributed by atoms with van der Waals surface area (Å²) in [5, 5.41) is 8.77. The second-order valence-corrected chi connectivity index (χ2v) is 13.3. The van der Waals surface area contributed by atoms with E-state index in [-0.39, 0.29) is 11.0 Å². The molecule has 0 aliphatic rings. The van der Waals surface area contributed by atoms with Crippen LogP contribution in [0.4, 0.5) is 0 Å². The molecular formula is C33H61N3O. The van der Waals surface area contributed by atoms with Gasteiger partial charge in [-0.1, -0.05) is 82.6 Å². The molecule has 0 aliphatic carbocycles. The molecule has 0 N–H and O–H groups in total. The van der Waals surface area contributed by atoms with Crippen molar-refractivity contribution in [1.82, 2.24) is 15.0 Å². The minimum Gasteiger partial charge on any atom is -0.375 e. The Morgan fingerprint density at radius 3 is 2.19 bits per heavy atom. The van der Waals surface area contributed by atoms with Crippen LogP contribution in [0.25, 0.3) is 0 Å². The first kappa shape index (κ1) is 35.3. The fourth-order valence-electron chi connectivity index (χ4n) is 4.80. The predicted octanol–water partition coefficient (Wildman–Crippen LogP) is 9.91. The van der Waals surface area contributed by atoms with Crippen molar-refractivity contribution in [3.63, 3.8) is 0 Å². The number of hydrogen-bond acceptors (Lipinski definition) is 3. The quantitative estimate of drug-likeness (QED) is 0.206. The van der Waals surface area contributed by atoms with Crippen LogP contribution in [-0.4, -0.2) is 27.2 Å². The number of allylic oxidation sites excluding steroid dienone is 5. The van der Waals surface area contributed by atoms with Gasteiger partial charge in [0.05, 0.1) is 11.3 Å². The molecule has 0 amide bonds. The zero-order valence-electron chi connectivity index (χ0n) is 26.5. The van der Waals surface area contributed by atoms with Gasteiger partial charge in [-0.05, 0) is 90.4 Å². The highest BCUT2D eigenvalue weighted by Gasteiger charge is 2.27. The number of aryl methyl sites for hydroxylation is 1. The third-order valence-corrected chi connectivity index (χ3v) is 6.24. The lowest BCUT2D eigenvalue weighted by atomic mass is 9.74. The van der Waals surface area contributed by atoms with Gasteiger partial charge in [0, 0.05) is 25.8 Å². The van der Waals surface area contributed by atoms with Crippen molar-refractivity contribution in [1.29, 1.82) is 0 Å². The molecule has 0 spiro atoms. The number of ether oxygens (including phenoxy) is 1. The van der Waals surface area contributed by atoms with Gasteiger partial charge in [-0.25, -0.2) is 0 Å². The van der Waals surface area contributed by atoms with Crippen LogP contribution in [0.5, 0.6) is 0 Å². The maximum Gasteiger partial charge on any atom is 0.0855 e. The largest absolute Gasteiger partial charge is 0.375 e. The summed E-state index contributed by atoms with van der Waals surface area (Å²) in [6, 6.07) is 0. The van der Waals surface area contributed by atoms with Gasteiger partial charge in [0.1, 0.15) is 0 Å². The van der Waals surface area contributed by atoms with E-state index in [2.05, 4.69) is 104 Å². The molecule has 0 saturated carbocycles. The van der Waals surface area contributed by atoms with Gasteiger partial charge in [-0.3, -0.25) is 4.68 Å². The van der Waals surface area contributed by atoms with Crippen molar-refractivity contribution in [2.75, 3.05) is 6.61 Å². The average molecular weight is 516 g/mol. The minimum atomic E-state index is -0.234. The lowest BCUT2D eigenvalue weighted by molar-refractivity contribution is -0.0319. The van der Waals surface area contributed by atoms with E-state index in [4.69, 9.17) is 4.74 Å². The Balaban J connectivity index is 0.00000410. The maximum atomic E-state index is 6.29. The van der Waals surface area contributed by atoms with Crippen LogP contribution < -0.4 is 0 Å². The van der Waals surface area contributed by atoms with Crippen LogP contribution >= 0.6 is 0 Å². The molecule has 0 radical (unpaired) electrons. The summed E-state index contributed by atoms with van der Waals surface area (Å²) in [5.74, 6) is 0. The first-order chi connectivity index (χ1) is 17.1. The topological polar surface area (TPSA) is 39.9 Å². The van der Waals surface area contributed by atoms with E-state index in [1.165, 1.54) is 36.8 Å². The summed E-state index contributed by atoms with van der Waals surface area (Å²) in [6.45, 7) is 29.6. The van der Waals surface area contributed by atoms with Gasteiger partial charge in [-0.15, -0.1) is 11.7 Å². The van der Waals surface area contributed by atoms with E-state index >= 15 is 0 Å². The Kier molecular flexibility index (Phi) is 17.0. The lowest BCUT2D eigenvalue weighted by Crippen LogP contribution is -2.30. The molecule has 1 heterocycles. The highest BCUT2D eigenvalue weighted by molar-refractivity contribution is 5.03. The first-order valence-corrected chi connectivity index (χ1v) is 14.5. The van der Waals surface area contributed by atoms with Crippen LogP contribution in [-0.2, 0) is 17.7 Å². The Morgan fingerprint density at radius 1 is 1.00 bits per heavy atom. The minimum absolute atomic E-state index is 0.234. The Labute approximate surface area is 231 Å². The summed E-state index contributed by atoms with van der Waals surface area (Å²) in [7, 11) is 0. The standard InChI is InChI=1S/C30H55N3O.C3H6/c1-11-12-15-25(2)16-13-17-26(3)18-14-20-33-23-27(31-32-33)22-30(9,10)34-21-19-29(7,8)24-28(4,5)6;1-3-2/h15,17,23H,11-14,16,18-22,24H2,1-10H3;3H,1H2,2H3/b25-15+,26-17+;. The third-order valence-electron chi connectivity index (χ3n) is 6.24. The number of nitrogens with zero attached hydrogens (tertiary/aromatic N) is 3. The molecule has 0 atom stereocenters. The summed E-state index contributed by atoms with van der Waals surface area (Å²) < 4.78 is 8.28. The van der Waals surface area contributed by atoms with E-state index in [1.54, 1.807) is 6.08 Å². The molecule has 1 aromatic heterocycles. The van der Waals surface area contributed by atoms with Crippen LogP contribution in [0.15, 0.2) is 42.2 Å². The van der Waals surface area contributed by atoms with E-state index < -0.39 is 0 Å². The first-order valence-electron chi connectivity index (χ1n) is 14.5. The zero-order chi connectivity index (χ0) is 28.5. The molecule has 0 aromatic carbocycles. The fraction of sp³-hybridized carbons (Fsp3) is 0.758. The highest BCUT2D eigenvalue weighted by Crippen LogP contribution is 2.36. The molecule has 0 saturated heterocycles. The van der Waals surface area contributed by atoms with Crippen molar-refractivity contribution in [2.45, 2.75) is 146 Å². The van der Waals surface area contributed by atoms with E-state index in [9.17, 15) is 0 Å². The predicted molar refractivity (Wildman–Crippen MR) is 163 cm³/mol. The molecule has 0 unspecified atom stereocenters. The molecule has 1 rings (SSSR count). The van der Waals surface area contributed by atoms with Crippen molar-refractivity contribution in [3.8, 4) is 0 Å². The fourth-order valence-corrected chi connectivity index (χ4v) is 4.80. The summed E-state index contributed by atoms with van der Waals surface area (Å²) in [6.07, 6.45) is 18.7. The number of unbranched alkanes of at least 4 members (excludes halogenated alkanes) is 1. The Morgan fingerprint density at radius 2 is 1.59 bits per heavy atom. The second kappa shape index (κ2) is 17.8. The van der Waals surface area contributed by atoms with Gasteiger partial charge < -0.3 is 4.74 Å². The highest BCUT2D eigenvalue weighted by atomic mass is 16.5. The van der Waals surface area contributed by atoms with E-state index in [0.29, 0.717) is 5.41 Å². The van der Waals surface area contributed by atoms with Crippen molar-refractivity contribution < 1.29 is 4.74 Å². The van der Waals surface area contributed by atoms with Crippen LogP contribution in [0.1, 0.15) is 133 Å². The Hall–Kier alpha value is -1.68. The van der Waals surface area contributed by atoms with Gasteiger partial charge in [0.2, 0.25) is 0 Å². The van der Waals surface area contributed by atoms with Gasteiger partial charge in [-0.2, -0.15) is 0 Å². The van der Waals surface area contributed by atoms with Gasteiger partial charge in [0.15, 0.2) is 0 Å². The number of aromatic nitrogens is 3. The molecule has 0 fully saturated rings. The molecule has 4 heteroatoms. The maximum absolute atomic E-state index is 6.29. The molecular weight excluding hydrogens is 454 g/mol. The second-order valence-electron chi connectivity index (χ2n) is 13.3. The Bertz CT molecular complexity index is 806. The smallest absolute Gasteiger partial charge is 0.0855 e. The normalized spacial score (nSPS) is 13.4. The van der Waals surface area contributed by atoms with Crippen molar-refractivity contribution in [2.24, 2.45) is 10.8 Å². The summed E-state index contributed by atoms with van der Waals surface area (Å²) >= 11 is 0. The molecule has 0 bridgehead atoms. The average Bonchev–Trinajstić information content (AvgIpc) is 3.17. The molecule has 0 aliphatic heterocycles. The molecule has 4 nitrogen and oxygen atoms in total. The number of hydrogen-bond donors (Lipinski definition) is 0. The van der Waals surface area contributed by atoms with Crippen molar-refractivity contribution >= 4 is 0 Å². The lowest BCUT2D eigenvalue weighted by Gasteiger charge is -2.34. The molecule has 1 aromatic rings. The van der Waals surface area contributed by atoms with E-state index in [1.807, 2.05) is 11.6 Å². The van der Waals surface area contributed by atoms with Crippen LogP contribution in [0, 0.1) is 10.8 Å². The van der Waals surface area contributed by atoms with Crippen LogP contribution in [0.3, 0.4) is 0 Å². The van der Waals surface area contributed by atoms with Crippen LogP contribution in [0.2, 0.25) is 0 Å². The van der Waals surface area contributed by atoms with E-state index in [0.717, 1.165) is 50.9 Å². The van der Waals surface area contributed by atoms with Crippen molar-refractivity contribution in [3.05, 3.63) is 47.8 Å². The zero-order valence-corrected chi connectivity index (χ0v) is 26.5. The molecule has 214 valence electrons. The summed E-state index contributed by atoms with van der Waals surface area (Å²) in [5.41, 5.74) is 4.40. The van der Waals surface area contributed by atoms with Gasteiger partial charge in [0.25, 0.3) is 0 Å². The van der Waals surface area contributed by atoms with Gasteiger partial charge >= 0.3 is 0 Å². The number of rotatable bonds is 16. The monoisotopic (exact) mass is 515 g/mol. The SMILES string of the molecule is C=CC.CCC/C=C(\C)CC/C=C(\C)CCCn1cc(CC(C)(C)OCCC(C)(C)CC(C)(C)C)nn1. The third kappa shape index (κ3) is 20.0. The molecule has 37 heavy (non-hydrogen) atoms. The summed E-state index contributed by atoms with van der Waals surface area (Å²) in [4.78, 5) is 0.